The van der Waals surface area contributed by atoms with Crippen LogP contribution in [0.2, 0.25) is 5.02 Å². The summed E-state index contributed by atoms with van der Waals surface area (Å²) in [6.07, 6.45) is 3.24. The Morgan fingerprint density at radius 3 is 2.90 bits per heavy atom. The van der Waals surface area contributed by atoms with E-state index in [9.17, 15) is 5.11 Å². The topological polar surface area (TPSA) is 54.4 Å². The standard InChI is InChI=1S/C16H17ClN2O2/c17-12-4-1-2-6-14(12)21-15-10-11(7-9-18-15)16-13(20)5-3-8-19-16/h1-6,8,11,15,18,20H,7,9-10H2. The van der Waals surface area contributed by atoms with Crippen LogP contribution in [-0.4, -0.2) is 22.9 Å². The van der Waals surface area contributed by atoms with Crippen LogP contribution in [0.3, 0.4) is 0 Å². The molecular formula is C16H17ClN2O2. The Morgan fingerprint density at radius 1 is 1.24 bits per heavy atom. The SMILES string of the molecule is Oc1cccnc1C1CCNC(Oc2ccccc2Cl)C1. The smallest absolute Gasteiger partial charge is 0.150 e. The quantitative estimate of drug-likeness (QED) is 0.913. The summed E-state index contributed by atoms with van der Waals surface area (Å²) < 4.78 is 5.93. The van der Waals surface area contributed by atoms with Gasteiger partial charge in [0.15, 0.2) is 6.23 Å². The second-order valence-corrected chi connectivity index (χ2v) is 5.53. The summed E-state index contributed by atoms with van der Waals surface area (Å²) in [7, 11) is 0. The van der Waals surface area contributed by atoms with Gasteiger partial charge < -0.3 is 9.84 Å². The molecule has 0 radical (unpaired) electrons. The van der Waals surface area contributed by atoms with E-state index in [4.69, 9.17) is 16.3 Å². The fourth-order valence-electron chi connectivity index (χ4n) is 2.63. The zero-order valence-electron chi connectivity index (χ0n) is 11.5. The third-order valence-electron chi connectivity index (χ3n) is 3.67. The van der Waals surface area contributed by atoms with Crippen LogP contribution >= 0.6 is 11.6 Å². The van der Waals surface area contributed by atoms with Gasteiger partial charge in [0.2, 0.25) is 0 Å². The summed E-state index contributed by atoms with van der Waals surface area (Å²) >= 11 is 6.12. The number of para-hydroxylation sites is 1. The van der Waals surface area contributed by atoms with Gasteiger partial charge in [0.1, 0.15) is 11.5 Å². The molecule has 2 aromatic rings. The van der Waals surface area contributed by atoms with Crippen molar-refractivity contribution < 1.29 is 9.84 Å². The summed E-state index contributed by atoms with van der Waals surface area (Å²) in [5, 5.41) is 13.9. The maximum absolute atomic E-state index is 9.94. The maximum Gasteiger partial charge on any atom is 0.150 e. The molecule has 1 aromatic carbocycles. The second-order valence-electron chi connectivity index (χ2n) is 5.12. The van der Waals surface area contributed by atoms with Gasteiger partial charge in [0.25, 0.3) is 0 Å². The van der Waals surface area contributed by atoms with E-state index >= 15 is 0 Å². The van der Waals surface area contributed by atoms with Crippen LogP contribution in [0.25, 0.3) is 0 Å². The number of ether oxygens (including phenoxy) is 1. The lowest BCUT2D eigenvalue weighted by Gasteiger charge is -2.30. The summed E-state index contributed by atoms with van der Waals surface area (Å²) in [5.41, 5.74) is 0.742. The molecule has 4 nitrogen and oxygen atoms in total. The molecule has 0 amide bonds. The Kier molecular flexibility index (Phi) is 4.27. The first-order valence-electron chi connectivity index (χ1n) is 7.02. The highest BCUT2D eigenvalue weighted by Crippen LogP contribution is 2.33. The van der Waals surface area contributed by atoms with E-state index in [0.29, 0.717) is 10.8 Å². The third-order valence-corrected chi connectivity index (χ3v) is 3.98. The van der Waals surface area contributed by atoms with Crippen molar-refractivity contribution in [2.75, 3.05) is 6.54 Å². The fraction of sp³-hybridized carbons (Fsp3) is 0.312. The van der Waals surface area contributed by atoms with Gasteiger partial charge in [-0.2, -0.15) is 0 Å². The molecule has 2 atom stereocenters. The van der Waals surface area contributed by atoms with Crippen molar-refractivity contribution in [1.82, 2.24) is 10.3 Å². The largest absolute Gasteiger partial charge is 0.506 e. The molecule has 0 spiro atoms. The van der Waals surface area contributed by atoms with Gasteiger partial charge in [0.05, 0.1) is 10.7 Å². The Balaban J connectivity index is 1.72. The Hall–Kier alpha value is -1.78. The number of nitrogens with one attached hydrogen (secondary N) is 1. The van der Waals surface area contributed by atoms with E-state index in [2.05, 4.69) is 10.3 Å². The minimum absolute atomic E-state index is 0.134. The molecule has 0 bridgehead atoms. The number of rotatable bonds is 3. The first-order chi connectivity index (χ1) is 10.2. The first kappa shape index (κ1) is 14.2. The molecule has 3 rings (SSSR count). The van der Waals surface area contributed by atoms with Crippen LogP contribution in [0.15, 0.2) is 42.6 Å². The molecule has 1 aliphatic heterocycles. The van der Waals surface area contributed by atoms with Gasteiger partial charge in [-0.3, -0.25) is 10.3 Å². The number of aromatic nitrogens is 1. The molecule has 1 aromatic heterocycles. The lowest BCUT2D eigenvalue weighted by Crippen LogP contribution is -2.41. The lowest BCUT2D eigenvalue weighted by molar-refractivity contribution is 0.120. The van der Waals surface area contributed by atoms with Gasteiger partial charge in [0, 0.05) is 18.5 Å². The van der Waals surface area contributed by atoms with E-state index in [1.54, 1.807) is 18.3 Å². The van der Waals surface area contributed by atoms with Gasteiger partial charge >= 0.3 is 0 Å². The van der Waals surface area contributed by atoms with Crippen LogP contribution in [-0.2, 0) is 0 Å². The van der Waals surface area contributed by atoms with Crippen LogP contribution in [0.4, 0.5) is 0 Å². The van der Waals surface area contributed by atoms with Crippen LogP contribution in [0.5, 0.6) is 11.5 Å². The normalized spacial score (nSPS) is 22.0. The van der Waals surface area contributed by atoms with Crippen LogP contribution < -0.4 is 10.1 Å². The van der Waals surface area contributed by atoms with Gasteiger partial charge in [-0.25, -0.2) is 0 Å². The molecule has 2 unspecified atom stereocenters. The average molecular weight is 305 g/mol. The second kappa shape index (κ2) is 6.33. The third kappa shape index (κ3) is 3.28. The van der Waals surface area contributed by atoms with Gasteiger partial charge in [-0.1, -0.05) is 23.7 Å². The zero-order chi connectivity index (χ0) is 14.7. The lowest BCUT2D eigenvalue weighted by atomic mass is 9.92. The van der Waals surface area contributed by atoms with Crippen molar-refractivity contribution in [1.29, 1.82) is 0 Å². The summed E-state index contributed by atoms with van der Waals surface area (Å²) in [6, 6.07) is 10.8. The minimum atomic E-state index is -0.134. The van der Waals surface area contributed by atoms with E-state index in [0.717, 1.165) is 25.1 Å². The number of hydrogen-bond donors (Lipinski definition) is 2. The molecular weight excluding hydrogens is 288 g/mol. The molecule has 1 saturated heterocycles. The summed E-state index contributed by atoms with van der Waals surface area (Å²) in [5.74, 6) is 1.10. The Labute approximate surface area is 128 Å². The van der Waals surface area contributed by atoms with E-state index in [1.165, 1.54) is 0 Å². The number of nitrogens with zero attached hydrogens (tertiary/aromatic N) is 1. The Bertz CT molecular complexity index is 621. The predicted octanol–water partition coefficient (Wildman–Crippen LogP) is 3.31. The van der Waals surface area contributed by atoms with Crippen molar-refractivity contribution in [2.45, 2.75) is 25.0 Å². The molecule has 21 heavy (non-hydrogen) atoms. The van der Waals surface area contributed by atoms with Crippen molar-refractivity contribution in [3.63, 3.8) is 0 Å². The Morgan fingerprint density at radius 2 is 2.10 bits per heavy atom. The first-order valence-corrected chi connectivity index (χ1v) is 7.40. The van der Waals surface area contributed by atoms with Crippen molar-refractivity contribution in [3.8, 4) is 11.5 Å². The average Bonchev–Trinajstić information content (AvgIpc) is 2.50. The number of halogens is 1. The van der Waals surface area contributed by atoms with Crippen molar-refractivity contribution in [3.05, 3.63) is 53.3 Å². The minimum Gasteiger partial charge on any atom is -0.506 e. The number of piperidine rings is 1. The molecule has 0 aliphatic carbocycles. The molecule has 0 saturated carbocycles. The summed E-state index contributed by atoms with van der Waals surface area (Å²) in [4.78, 5) is 4.30. The van der Waals surface area contributed by atoms with Crippen LogP contribution in [0, 0.1) is 0 Å². The molecule has 110 valence electrons. The van der Waals surface area contributed by atoms with E-state index in [-0.39, 0.29) is 17.9 Å². The highest BCUT2D eigenvalue weighted by Gasteiger charge is 2.27. The molecule has 2 heterocycles. The number of pyridine rings is 1. The summed E-state index contributed by atoms with van der Waals surface area (Å²) in [6.45, 7) is 0.815. The van der Waals surface area contributed by atoms with Crippen molar-refractivity contribution in [2.24, 2.45) is 0 Å². The molecule has 1 aliphatic rings. The number of benzene rings is 1. The van der Waals surface area contributed by atoms with Gasteiger partial charge in [-0.05, 0) is 37.2 Å². The highest BCUT2D eigenvalue weighted by molar-refractivity contribution is 6.32. The molecule has 1 fully saturated rings. The predicted molar refractivity (Wildman–Crippen MR) is 81.7 cm³/mol. The maximum atomic E-state index is 9.94. The monoisotopic (exact) mass is 304 g/mol. The van der Waals surface area contributed by atoms with Crippen LogP contribution in [0.1, 0.15) is 24.5 Å². The van der Waals surface area contributed by atoms with E-state index in [1.807, 2.05) is 24.3 Å². The number of hydrogen-bond acceptors (Lipinski definition) is 4. The zero-order valence-corrected chi connectivity index (χ0v) is 12.3. The molecule has 2 N–H and O–H groups in total. The fourth-order valence-corrected chi connectivity index (χ4v) is 2.81. The molecule has 5 heteroatoms. The number of aromatic hydroxyl groups is 1. The van der Waals surface area contributed by atoms with Crippen molar-refractivity contribution >= 4 is 11.6 Å². The highest BCUT2D eigenvalue weighted by atomic mass is 35.5. The van der Waals surface area contributed by atoms with Gasteiger partial charge in [-0.15, -0.1) is 0 Å². The van der Waals surface area contributed by atoms with E-state index < -0.39 is 0 Å².